The monoisotopic (exact) mass is 359 g/mol. The molecule has 4 nitrogen and oxygen atoms in total. The number of amides is 1. The standard InChI is InChI=1S/C20H22ClNO3/c1-3-14-6-7-16(21)15(4-2)20(14)22-19(23)12-13-5-8-17-18(11-13)25-10-9-24-17/h5-8,11H,3-4,9-10,12H2,1-2H3,(H,22,23). The maximum atomic E-state index is 12.6. The van der Waals surface area contributed by atoms with Gasteiger partial charge in [-0.1, -0.05) is 37.6 Å². The zero-order valence-corrected chi connectivity index (χ0v) is 15.3. The quantitative estimate of drug-likeness (QED) is 0.859. The first-order chi connectivity index (χ1) is 12.1. The Morgan fingerprint density at radius 2 is 1.84 bits per heavy atom. The number of carbonyl (C=O) groups is 1. The number of hydrogen-bond acceptors (Lipinski definition) is 3. The van der Waals surface area contributed by atoms with E-state index in [4.69, 9.17) is 21.1 Å². The lowest BCUT2D eigenvalue weighted by molar-refractivity contribution is -0.115. The zero-order chi connectivity index (χ0) is 17.8. The average molecular weight is 360 g/mol. The van der Waals surface area contributed by atoms with E-state index in [2.05, 4.69) is 12.2 Å². The number of benzene rings is 2. The van der Waals surface area contributed by atoms with E-state index >= 15 is 0 Å². The second-order valence-electron chi connectivity index (χ2n) is 5.97. The van der Waals surface area contributed by atoms with Crippen LogP contribution in [0.5, 0.6) is 11.5 Å². The molecule has 25 heavy (non-hydrogen) atoms. The minimum absolute atomic E-state index is 0.0663. The van der Waals surface area contributed by atoms with Gasteiger partial charge in [0.15, 0.2) is 11.5 Å². The molecule has 132 valence electrons. The largest absolute Gasteiger partial charge is 0.486 e. The molecule has 3 rings (SSSR count). The van der Waals surface area contributed by atoms with Crippen LogP contribution < -0.4 is 14.8 Å². The van der Waals surface area contributed by atoms with Crippen LogP contribution in [0.1, 0.15) is 30.5 Å². The van der Waals surface area contributed by atoms with E-state index in [1.165, 1.54) is 0 Å². The molecule has 1 aliphatic heterocycles. The van der Waals surface area contributed by atoms with Crippen molar-refractivity contribution in [1.29, 1.82) is 0 Å². The van der Waals surface area contributed by atoms with Crippen molar-refractivity contribution in [1.82, 2.24) is 0 Å². The lowest BCUT2D eigenvalue weighted by Crippen LogP contribution is -2.18. The highest BCUT2D eigenvalue weighted by Gasteiger charge is 2.16. The second-order valence-corrected chi connectivity index (χ2v) is 6.38. The molecule has 0 spiro atoms. The maximum absolute atomic E-state index is 12.6. The Morgan fingerprint density at radius 3 is 2.56 bits per heavy atom. The summed E-state index contributed by atoms with van der Waals surface area (Å²) in [5.41, 5.74) is 3.81. The van der Waals surface area contributed by atoms with Gasteiger partial charge in [0.2, 0.25) is 5.91 Å². The summed E-state index contributed by atoms with van der Waals surface area (Å²) in [5.74, 6) is 1.36. The van der Waals surface area contributed by atoms with Crippen LogP contribution in [0.25, 0.3) is 0 Å². The van der Waals surface area contributed by atoms with Gasteiger partial charge in [-0.25, -0.2) is 0 Å². The third-order valence-electron chi connectivity index (χ3n) is 4.31. The van der Waals surface area contributed by atoms with Crippen LogP contribution in [0.4, 0.5) is 5.69 Å². The van der Waals surface area contributed by atoms with Gasteiger partial charge in [0, 0.05) is 10.7 Å². The molecule has 0 aliphatic carbocycles. The molecule has 1 N–H and O–H groups in total. The van der Waals surface area contributed by atoms with Gasteiger partial charge < -0.3 is 14.8 Å². The first-order valence-electron chi connectivity index (χ1n) is 8.61. The number of hydrogen-bond donors (Lipinski definition) is 1. The molecule has 1 heterocycles. The van der Waals surface area contributed by atoms with E-state index in [0.717, 1.165) is 41.0 Å². The molecular formula is C20H22ClNO3. The normalized spacial score (nSPS) is 12.8. The SMILES string of the molecule is CCc1ccc(Cl)c(CC)c1NC(=O)Cc1ccc2c(c1)OCCO2. The highest BCUT2D eigenvalue weighted by molar-refractivity contribution is 6.32. The summed E-state index contributed by atoms with van der Waals surface area (Å²) in [5, 5.41) is 3.74. The second kappa shape index (κ2) is 7.79. The molecule has 0 saturated heterocycles. The van der Waals surface area contributed by atoms with Crippen molar-refractivity contribution < 1.29 is 14.3 Å². The molecule has 0 fully saturated rings. The number of anilines is 1. The van der Waals surface area contributed by atoms with Gasteiger partial charge in [0.05, 0.1) is 6.42 Å². The summed E-state index contributed by atoms with van der Waals surface area (Å²) in [6.07, 6.45) is 1.88. The summed E-state index contributed by atoms with van der Waals surface area (Å²) in [7, 11) is 0. The van der Waals surface area contributed by atoms with Crippen LogP contribution in [0.15, 0.2) is 30.3 Å². The fourth-order valence-electron chi connectivity index (χ4n) is 3.03. The van der Waals surface area contributed by atoms with E-state index in [-0.39, 0.29) is 12.3 Å². The summed E-state index contributed by atoms with van der Waals surface area (Å²) >= 11 is 6.30. The number of halogens is 1. The Bertz CT molecular complexity index is 789. The zero-order valence-electron chi connectivity index (χ0n) is 14.5. The first-order valence-corrected chi connectivity index (χ1v) is 8.98. The Labute approximate surface area is 153 Å². The van der Waals surface area contributed by atoms with Crippen LogP contribution >= 0.6 is 11.6 Å². The molecular weight excluding hydrogens is 338 g/mol. The van der Waals surface area contributed by atoms with Gasteiger partial charge in [-0.05, 0) is 47.7 Å². The Morgan fingerprint density at radius 1 is 1.08 bits per heavy atom. The molecule has 5 heteroatoms. The average Bonchev–Trinajstić information content (AvgIpc) is 2.62. The smallest absolute Gasteiger partial charge is 0.228 e. The van der Waals surface area contributed by atoms with Crippen molar-refractivity contribution in [2.75, 3.05) is 18.5 Å². The van der Waals surface area contributed by atoms with Crippen LogP contribution in [-0.2, 0) is 24.1 Å². The minimum Gasteiger partial charge on any atom is -0.486 e. The molecule has 2 aromatic rings. The van der Waals surface area contributed by atoms with Crippen molar-refractivity contribution in [2.45, 2.75) is 33.1 Å². The molecule has 0 radical (unpaired) electrons. The molecule has 0 unspecified atom stereocenters. The van der Waals surface area contributed by atoms with Crippen LogP contribution in [0.2, 0.25) is 5.02 Å². The molecule has 2 aromatic carbocycles. The molecule has 0 saturated carbocycles. The number of rotatable bonds is 5. The predicted molar refractivity (Wildman–Crippen MR) is 100.0 cm³/mol. The van der Waals surface area contributed by atoms with E-state index in [1.807, 2.05) is 37.3 Å². The van der Waals surface area contributed by atoms with Crippen molar-refractivity contribution in [3.63, 3.8) is 0 Å². The van der Waals surface area contributed by atoms with Gasteiger partial charge in [-0.3, -0.25) is 4.79 Å². The van der Waals surface area contributed by atoms with Gasteiger partial charge >= 0.3 is 0 Å². The number of nitrogens with one attached hydrogen (secondary N) is 1. The molecule has 1 aliphatic rings. The highest BCUT2D eigenvalue weighted by atomic mass is 35.5. The minimum atomic E-state index is -0.0663. The number of aryl methyl sites for hydroxylation is 1. The van der Waals surface area contributed by atoms with Crippen LogP contribution in [-0.4, -0.2) is 19.1 Å². The number of ether oxygens (including phenoxy) is 2. The van der Waals surface area contributed by atoms with Crippen molar-refractivity contribution in [3.8, 4) is 11.5 Å². The number of carbonyl (C=O) groups excluding carboxylic acids is 1. The third kappa shape index (κ3) is 3.90. The van der Waals surface area contributed by atoms with Gasteiger partial charge in [0.25, 0.3) is 0 Å². The molecule has 0 aromatic heterocycles. The summed E-state index contributed by atoms with van der Waals surface area (Å²) in [6.45, 7) is 5.20. The van der Waals surface area contributed by atoms with E-state index in [0.29, 0.717) is 24.0 Å². The maximum Gasteiger partial charge on any atom is 0.228 e. The van der Waals surface area contributed by atoms with Crippen molar-refractivity contribution in [3.05, 3.63) is 52.0 Å². The van der Waals surface area contributed by atoms with Crippen LogP contribution in [0.3, 0.4) is 0 Å². The Balaban J connectivity index is 1.78. The Hall–Kier alpha value is -2.20. The lowest BCUT2D eigenvalue weighted by Gasteiger charge is -2.19. The van der Waals surface area contributed by atoms with Gasteiger partial charge in [-0.15, -0.1) is 0 Å². The third-order valence-corrected chi connectivity index (χ3v) is 4.67. The lowest BCUT2D eigenvalue weighted by atomic mass is 10.0. The Kier molecular flexibility index (Phi) is 5.49. The first kappa shape index (κ1) is 17.6. The highest BCUT2D eigenvalue weighted by Crippen LogP contribution is 2.32. The van der Waals surface area contributed by atoms with E-state index < -0.39 is 0 Å². The van der Waals surface area contributed by atoms with Crippen molar-refractivity contribution in [2.24, 2.45) is 0 Å². The van der Waals surface area contributed by atoms with Gasteiger partial charge in [0.1, 0.15) is 13.2 Å². The summed E-state index contributed by atoms with van der Waals surface area (Å²) in [4.78, 5) is 12.6. The van der Waals surface area contributed by atoms with E-state index in [1.54, 1.807) is 0 Å². The topological polar surface area (TPSA) is 47.6 Å². The van der Waals surface area contributed by atoms with Crippen molar-refractivity contribution >= 4 is 23.2 Å². The molecule has 0 atom stereocenters. The van der Waals surface area contributed by atoms with E-state index in [9.17, 15) is 4.79 Å². The molecule has 1 amide bonds. The van der Waals surface area contributed by atoms with Gasteiger partial charge in [-0.2, -0.15) is 0 Å². The fourth-order valence-corrected chi connectivity index (χ4v) is 3.32. The predicted octanol–water partition coefficient (Wildman–Crippen LogP) is 4.42. The molecule has 0 bridgehead atoms. The van der Waals surface area contributed by atoms with Crippen LogP contribution in [0, 0.1) is 0 Å². The summed E-state index contributed by atoms with van der Waals surface area (Å²) < 4.78 is 11.1. The summed E-state index contributed by atoms with van der Waals surface area (Å²) in [6, 6.07) is 9.49. The fraction of sp³-hybridized carbons (Fsp3) is 0.350. The number of fused-ring (bicyclic) bond motifs is 1.